The molecule has 3 aliphatic carbocycles. The molecular weight excluding hydrogens is 368 g/mol. The Bertz CT molecular complexity index is 1330. The minimum atomic E-state index is -0.185. The third-order valence-electron chi connectivity index (χ3n) is 7.89. The van der Waals surface area contributed by atoms with E-state index in [0.717, 1.165) is 37.1 Å². The predicted molar refractivity (Wildman–Crippen MR) is 114 cm³/mol. The Kier molecular flexibility index (Phi) is 3.33. The molecule has 6 rings (SSSR count). The average Bonchev–Trinajstić information content (AvgIpc) is 3.29. The lowest BCUT2D eigenvalue weighted by atomic mass is 9.74. The van der Waals surface area contributed by atoms with Gasteiger partial charge in [0.1, 0.15) is 12.1 Å². The van der Waals surface area contributed by atoms with Gasteiger partial charge in [0.15, 0.2) is 11.4 Å². The molecule has 1 saturated carbocycles. The van der Waals surface area contributed by atoms with E-state index in [1.54, 1.807) is 0 Å². The molecule has 146 valence electrons. The Hall–Kier alpha value is -3.24. The first-order valence-electron chi connectivity index (χ1n) is 10.9. The lowest BCUT2D eigenvalue weighted by Gasteiger charge is -2.30. The second-order valence-corrected chi connectivity index (χ2v) is 9.09. The van der Waals surface area contributed by atoms with E-state index in [-0.39, 0.29) is 22.2 Å². The van der Waals surface area contributed by atoms with Gasteiger partial charge in [-0.05, 0) is 46.7 Å². The van der Waals surface area contributed by atoms with Gasteiger partial charge in [0.25, 0.3) is 0 Å². The maximum atomic E-state index is 9.61. The first-order chi connectivity index (χ1) is 14.7. The van der Waals surface area contributed by atoms with Crippen LogP contribution >= 0.6 is 0 Å². The number of benzene rings is 2. The van der Waals surface area contributed by atoms with Gasteiger partial charge in [-0.25, -0.2) is 9.97 Å². The molecule has 0 N–H and O–H groups in total. The van der Waals surface area contributed by atoms with Gasteiger partial charge in [0.05, 0.1) is 11.4 Å². The molecule has 1 aromatic heterocycles. The van der Waals surface area contributed by atoms with Crippen LogP contribution < -0.4 is 0 Å². The second kappa shape index (κ2) is 5.67. The molecule has 30 heavy (non-hydrogen) atoms. The van der Waals surface area contributed by atoms with E-state index in [1.165, 1.54) is 21.9 Å². The van der Waals surface area contributed by atoms with E-state index in [4.69, 9.17) is 9.97 Å². The molecule has 4 heteroatoms. The molecule has 0 radical (unpaired) electrons. The van der Waals surface area contributed by atoms with Crippen LogP contribution in [0.25, 0.3) is 10.8 Å². The molecule has 4 atom stereocenters. The first kappa shape index (κ1) is 17.6. The third kappa shape index (κ3) is 1.73. The van der Waals surface area contributed by atoms with Crippen molar-refractivity contribution >= 4 is 10.8 Å². The van der Waals surface area contributed by atoms with Gasteiger partial charge in [0, 0.05) is 16.7 Å². The minimum absolute atomic E-state index is 0.103. The van der Waals surface area contributed by atoms with Crippen LogP contribution in [0.2, 0.25) is 0 Å². The van der Waals surface area contributed by atoms with Crippen molar-refractivity contribution in [2.45, 2.75) is 56.3 Å². The fourth-order valence-electron chi connectivity index (χ4n) is 7.15. The predicted octanol–water partition coefficient (Wildman–Crippen LogP) is 5.24. The number of aromatic nitrogens is 2. The monoisotopic (exact) mass is 390 g/mol. The summed E-state index contributed by atoms with van der Waals surface area (Å²) in [5.74, 6) is 0.771. The summed E-state index contributed by atoms with van der Waals surface area (Å²) in [5, 5.41) is 21.7. The standard InChI is InChI=1S/C26H22N4/c1-3-9-25-17-11-15-7-5-6-8-16(15)12-18(17)26(10-4-2)23(25)21(25)22-24(26)30-20(14-28)19(13-27)29-22/h5-8,11-12,21,23H,3-4,9-10H2,1-2H3. The van der Waals surface area contributed by atoms with Crippen molar-refractivity contribution in [1.82, 2.24) is 9.97 Å². The highest BCUT2D eigenvalue weighted by Crippen LogP contribution is 2.85. The van der Waals surface area contributed by atoms with E-state index >= 15 is 0 Å². The third-order valence-corrected chi connectivity index (χ3v) is 7.89. The SMILES string of the molecule is CCCC12c3cc4ccccc4cc3C3(CCC)C(c4nc(C#N)c(C#N)nc41)C23. The van der Waals surface area contributed by atoms with Gasteiger partial charge >= 0.3 is 0 Å². The maximum absolute atomic E-state index is 9.61. The number of nitrogens with zero attached hydrogens (tertiary/aromatic N) is 4. The molecule has 0 amide bonds. The highest BCUT2D eigenvalue weighted by molar-refractivity contribution is 5.87. The second-order valence-electron chi connectivity index (χ2n) is 9.09. The molecule has 3 aromatic rings. The van der Waals surface area contributed by atoms with Gasteiger partial charge < -0.3 is 0 Å². The molecule has 3 aliphatic rings. The largest absolute Gasteiger partial charge is 0.237 e. The van der Waals surface area contributed by atoms with Gasteiger partial charge in [-0.2, -0.15) is 10.5 Å². The number of hydrogen-bond acceptors (Lipinski definition) is 4. The summed E-state index contributed by atoms with van der Waals surface area (Å²) in [6.07, 6.45) is 4.29. The van der Waals surface area contributed by atoms with Gasteiger partial charge in [-0.3, -0.25) is 0 Å². The van der Waals surface area contributed by atoms with Gasteiger partial charge in [0.2, 0.25) is 0 Å². The van der Waals surface area contributed by atoms with Crippen molar-refractivity contribution in [2.24, 2.45) is 5.92 Å². The molecule has 0 bridgehead atoms. The smallest absolute Gasteiger partial charge is 0.177 e. The van der Waals surface area contributed by atoms with E-state index in [0.29, 0.717) is 11.8 Å². The summed E-state index contributed by atoms with van der Waals surface area (Å²) < 4.78 is 0. The van der Waals surface area contributed by atoms with Crippen molar-refractivity contribution in [3.8, 4) is 12.1 Å². The summed E-state index contributed by atoms with van der Waals surface area (Å²) in [7, 11) is 0. The topological polar surface area (TPSA) is 73.4 Å². The maximum Gasteiger partial charge on any atom is 0.177 e. The van der Waals surface area contributed by atoms with Crippen LogP contribution in [0.4, 0.5) is 0 Å². The Balaban J connectivity index is 1.72. The Morgan fingerprint density at radius 3 is 2.17 bits per heavy atom. The molecule has 4 nitrogen and oxygen atoms in total. The number of rotatable bonds is 4. The van der Waals surface area contributed by atoms with Crippen LogP contribution in [0.15, 0.2) is 36.4 Å². The molecular formula is C26H22N4. The lowest BCUT2D eigenvalue weighted by molar-refractivity contribution is 0.396. The molecule has 1 heterocycles. The average molecular weight is 390 g/mol. The van der Waals surface area contributed by atoms with Crippen LogP contribution in [-0.2, 0) is 10.8 Å². The van der Waals surface area contributed by atoms with Gasteiger partial charge in [-0.1, -0.05) is 57.0 Å². The van der Waals surface area contributed by atoms with Gasteiger partial charge in [-0.15, -0.1) is 0 Å². The van der Waals surface area contributed by atoms with E-state index in [1.807, 2.05) is 0 Å². The van der Waals surface area contributed by atoms with Crippen molar-refractivity contribution in [2.75, 3.05) is 0 Å². The van der Waals surface area contributed by atoms with Crippen LogP contribution in [0.1, 0.15) is 79.4 Å². The highest BCUT2D eigenvalue weighted by Gasteiger charge is 2.82. The summed E-state index contributed by atoms with van der Waals surface area (Å²) in [6.45, 7) is 4.49. The number of hydrogen-bond donors (Lipinski definition) is 0. The normalized spacial score (nSPS) is 29.1. The molecule has 1 fully saturated rings. The lowest BCUT2D eigenvalue weighted by Crippen LogP contribution is -2.29. The molecule has 0 saturated heterocycles. The van der Waals surface area contributed by atoms with Crippen molar-refractivity contribution in [1.29, 1.82) is 10.5 Å². The van der Waals surface area contributed by atoms with E-state index in [9.17, 15) is 10.5 Å². The van der Waals surface area contributed by atoms with Crippen LogP contribution in [0.3, 0.4) is 0 Å². The number of nitriles is 2. The Labute approximate surface area is 176 Å². The van der Waals surface area contributed by atoms with Crippen LogP contribution in [-0.4, -0.2) is 9.97 Å². The van der Waals surface area contributed by atoms with Crippen LogP contribution in [0, 0.1) is 28.6 Å². The summed E-state index contributed by atoms with van der Waals surface area (Å²) in [5.41, 5.74) is 5.07. The molecule has 0 aliphatic heterocycles. The fourth-order valence-corrected chi connectivity index (χ4v) is 7.15. The Morgan fingerprint density at radius 1 is 0.900 bits per heavy atom. The molecule has 4 unspecified atom stereocenters. The van der Waals surface area contributed by atoms with Crippen molar-refractivity contribution < 1.29 is 0 Å². The first-order valence-corrected chi connectivity index (χ1v) is 10.9. The molecule has 0 spiro atoms. The zero-order chi connectivity index (χ0) is 20.7. The summed E-state index contributed by atoms with van der Waals surface area (Å²) >= 11 is 0. The summed E-state index contributed by atoms with van der Waals surface area (Å²) in [4.78, 5) is 9.58. The quantitative estimate of drug-likeness (QED) is 0.611. The van der Waals surface area contributed by atoms with E-state index in [2.05, 4.69) is 62.4 Å². The van der Waals surface area contributed by atoms with Crippen molar-refractivity contribution in [3.63, 3.8) is 0 Å². The van der Waals surface area contributed by atoms with E-state index < -0.39 is 0 Å². The Morgan fingerprint density at radius 2 is 1.53 bits per heavy atom. The zero-order valence-corrected chi connectivity index (χ0v) is 17.2. The minimum Gasteiger partial charge on any atom is -0.237 e. The summed E-state index contributed by atoms with van der Waals surface area (Å²) in [6, 6.07) is 17.6. The highest BCUT2D eigenvalue weighted by atomic mass is 15.0. The zero-order valence-electron chi connectivity index (χ0n) is 17.2. The van der Waals surface area contributed by atoms with Crippen LogP contribution in [0.5, 0.6) is 0 Å². The fraction of sp³-hybridized carbons (Fsp3) is 0.385. The number of fused-ring (bicyclic) bond motifs is 8. The van der Waals surface area contributed by atoms with Crippen molar-refractivity contribution in [3.05, 3.63) is 70.3 Å². The molecule has 2 aromatic carbocycles.